The van der Waals surface area contributed by atoms with Crippen LogP contribution in [0.15, 0.2) is 36.4 Å². The minimum atomic E-state index is -1.69. The molecule has 2 rings (SSSR count). The molecule has 8 heteroatoms. The van der Waals surface area contributed by atoms with Crippen molar-refractivity contribution in [1.29, 1.82) is 0 Å². The number of rotatable bonds is 7. The van der Waals surface area contributed by atoms with Gasteiger partial charge in [0.2, 0.25) is 5.91 Å². The average Bonchev–Trinajstić information content (AvgIpc) is 2.84. The van der Waals surface area contributed by atoms with Gasteiger partial charge in [0.05, 0.1) is 0 Å². The van der Waals surface area contributed by atoms with E-state index >= 15 is 0 Å². The molecule has 0 saturated carbocycles. The number of aliphatic hydroxyl groups is 3. The Morgan fingerprint density at radius 2 is 1.90 bits per heavy atom. The van der Waals surface area contributed by atoms with E-state index in [0.29, 0.717) is 18.5 Å². The predicted molar refractivity (Wildman–Crippen MR) is 113 cm³/mol. The smallest absolute Gasteiger partial charge is 0.252 e. The molecule has 0 radical (unpaired) electrons. The number of allylic oxidation sites excluding steroid dienone is 1. The highest BCUT2D eigenvalue weighted by molar-refractivity contribution is 5.99. The minimum absolute atomic E-state index is 0.228. The van der Waals surface area contributed by atoms with Gasteiger partial charge in [0.1, 0.15) is 24.4 Å². The lowest BCUT2D eigenvalue weighted by Gasteiger charge is -2.28. The van der Waals surface area contributed by atoms with E-state index in [2.05, 4.69) is 10.6 Å². The Morgan fingerprint density at radius 1 is 1.23 bits per heavy atom. The van der Waals surface area contributed by atoms with E-state index in [9.17, 15) is 24.9 Å². The molecule has 1 heterocycles. The fourth-order valence-electron chi connectivity index (χ4n) is 3.19. The number of ether oxygens (including phenoxy) is 1. The third-order valence-corrected chi connectivity index (χ3v) is 4.93. The van der Waals surface area contributed by atoms with Crippen molar-refractivity contribution in [3.8, 4) is 0 Å². The molecule has 0 fully saturated rings. The van der Waals surface area contributed by atoms with E-state index in [1.165, 1.54) is 13.2 Å². The van der Waals surface area contributed by atoms with E-state index in [1.807, 2.05) is 39.0 Å². The van der Waals surface area contributed by atoms with E-state index < -0.39 is 36.4 Å². The molecule has 8 nitrogen and oxygen atoms in total. The van der Waals surface area contributed by atoms with Crippen molar-refractivity contribution in [3.63, 3.8) is 0 Å². The molecule has 30 heavy (non-hydrogen) atoms. The molecule has 5 atom stereocenters. The van der Waals surface area contributed by atoms with Crippen LogP contribution in [-0.4, -0.2) is 64.7 Å². The lowest BCUT2D eigenvalue weighted by atomic mass is 9.94. The van der Waals surface area contributed by atoms with Crippen LogP contribution in [0, 0.1) is 5.41 Å². The normalized spacial score (nSPS) is 21.2. The van der Waals surface area contributed by atoms with E-state index in [-0.39, 0.29) is 11.3 Å². The standard InChI is InChI=1S/C22H32N2O6/c1-22(2,3)12-11-16(25)17(26)18(27)19(30-4)21(29)24-15-10-9-13-7-5-6-8-14(13)23-20(15)28/h5-8,11-12,15-19,25-27H,9-10H2,1-4H3,(H,23,28)(H,24,29)/b12-11+/t15?,16-,17+,18-,19-/m1/s1. The average molecular weight is 421 g/mol. The summed E-state index contributed by atoms with van der Waals surface area (Å²) in [5.74, 6) is -1.12. The Labute approximate surface area is 176 Å². The predicted octanol–water partition coefficient (Wildman–Crippen LogP) is 0.756. The monoisotopic (exact) mass is 420 g/mol. The molecule has 1 unspecified atom stereocenters. The number of methoxy groups -OCH3 is 1. The number of aryl methyl sites for hydroxylation is 1. The van der Waals surface area contributed by atoms with Gasteiger partial charge in [-0.25, -0.2) is 0 Å². The van der Waals surface area contributed by atoms with Crippen molar-refractivity contribution in [2.24, 2.45) is 5.41 Å². The number of para-hydroxylation sites is 1. The Hall–Kier alpha value is -2.26. The van der Waals surface area contributed by atoms with Gasteiger partial charge in [-0.1, -0.05) is 51.1 Å². The molecule has 2 amide bonds. The maximum absolute atomic E-state index is 12.7. The highest BCUT2D eigenvalue weighted by Crippen LogP contribution is 2.22. The van der Waals surface area contributed by atoms with Crippen LogP contribution in [0.5, 0.6) is 0 Å². The second-order valence-corrected chi connectivity index (χ2v) is 8.60. The van der Waals surface area contributed by atoms with Crippen LogP contribution in [0.25, 0.3) is 0 Å². The highest BCUT2D eigenvalue weighted by atomic mass is 16.5. The van der Waals surface area contributed by atoms with Crippen LogP contribution in [0.2, 0.25) is 0 Å². The summed E-state index contributed by atoms with van der Waals surface area (Å²) in [7, 11) is 1.21. The van der Waals surface area contributed by atoms with Gasteiger partial charge in [-0.15, -0.1) is 0 Å². The molecular formula is C22H32N2O6. The summed E-state index contributed by atoms with van der Waals surface area (Å²) in [6.07, 6.45) is -2.17. The van der Waals surface area contributed by atoms with E-state index in [0.717, 1.165) is 5.56 Å². The van der Waals surface area contributed by atoms with Gasteiger partial charge in [0, 0.05) is 12.8 Å². The molecule has 0 spiro atoms. The third kappa shape index (κ3) is 6.37. The zero-order valence-corrected chi connectivity index (χ0v) is 17.8. The van der Waals surface area contributed by atoms with Gasteiger partial charge < -0.3 is 30.7 Å². The first-order valence-electron chi connectivity index (χ1n) is 9.99. The number of hydrogen-bond donors (Lipinski definition) is 5. The lowest BCUT2D eigenvalue weighted by Crippen LogP contribution is -2.55. The number of fused-ring (bicyclic) bond motifs is 1. The zero-order chi connectivity index (χ0) is 22.5. The Balaban J connectivity index is 2.03. The maximum atomic E-state index is 12.7. The van der Waals surface area contributed by atoms with Crippen molar-refractivity contribution in [2.45, 2.75) is 64.1 Å². The van der Waals surface area contributed by atoms with Crippen molar-refractivity contribution in [1.82, 2.24) is 5.32 Å². The number of aliphatic hydroxyl groups excluding tert-OH is 3. The van der Waals surface area contributed by atoms with Crippen molar-refractivity contribution in [2.75, 3.05) is 12.4 Å². The second kappa shape index (κ2) is 10.2. The zero-order valence-electron chi connectivity index (χ0n) is 17.8. The summed E-state index contributed by atoms with van der Waals surface area (Å²) in [4.78, 5) is 25.2. The SMILES string of the molecule is CO[C@@H](C(=O)NC1CCc2ccccc2NC1=O)[C@H](O)[C@@H](O)[C@H](O)/C=C/C(C)(C)C. The van der Waals surface area contributed by atoms with Crippen LogP contribution in [0.1, 0.15) is 32.8 Å². The first-order valence-corrected chi connectivity index (χ1v) is 9.99. The van der Waals surface area contributed by atoms with Crippen molar-refractivity contribution in [3.05, 3.63) is 42.0 Å². The number of carbonyl (C=O) groups excluding carboxylic acids is 2. The van der Waals surface area contributed by atoms with Crippen LogP contribution in [0.3, 0.4) is 0 Å². The van der Waals surface area contributed by atoms with Gasteiger partial charge in [0.15, 0.2) is 6.10 Å². The van der Waals surface area contributed by atoms with Gasteiger partial charge in [-0.3, -0.25) is 9.59 Å². The summed E-state index contributed by atoms with van der Waals surface area (Å²) >= 11 is 0. The second-order valence-electron chi connectivity index (χ2n) is 8.60. The summed E-state index contributed by atoms with van der Waals surface area (Å²) in [6.45, 7) is 5.75. The molecule has 1 aliphatic heterocycles. The van der Waals surface area contributed by atoms with Crippen LogP contribution in [-0.2, 0) is 20.7 Å². The van der Waals surface area contributed by atoms with Crippen molar-refractivity contribution >= 4 is 17.5 Å². The molecule has 166 valence electrons. The number of amides is 2. The fraction of sp³-hybridized carbons (Fsp3) is 0.545. The lowest BCUT2D eigenvalue weighted by molar-refractivity contribution is -0.150. The molecule has 0 bridgehead atoms. The molecule has 0 aliphatic carbocycles. The molecular weight excluding hydrogens is 388 g/mol. The number of benzene rings is 1. The first-order chi connectivity index (χ1) is 14.0. The molecule has 5 N–H and O–H groups in total. The fourth-order valence-corrected chi connectivity index (χ4v) is 3.19. The number of anilines is 1. The third-order valence-electron chi connectivity index (χ3n) is 4.93. The number of nitrogens with one attached hydrogen (secondary N) is 2. The number of hydrogen-bond acceptors (Lipinski definition) is 6. The highest BCUT2D eigenvalue weighted by Gasteiger charge is 2.37. The molecule has 0 saturated heterocycles. The van der Waals surface area contributed by atoms with Crippen LogP contribution in [0.4, 0.5) is 5.69 Å². The van der Waals surface area contributed by atoms with Gasteiger partial charge >= 0.3 is 0 Å². The minimum Gasteiger partial charge on any atom is -0.387 e. The molecule has 0 aromatic heterocycles. The Kier molecular flexibility index (Phi) is 8.14. The molecule has 1 aliphatic rings. The molecule has 1 aromatic rings. The maximum Gasteiger partial charge on any atom is 0.252 e. The van der Waals surface area contributed by atoms with Crippen LogP contribution >= 0.6 is 0 Å². The van der Waals surface area contributed by atoms with Crippen LogP contribution < -0.4 is 10.6 Å². The summed E-state index contributed by atoms with van der Waals surface area (Å²) in [5, 5.41) is 36.2. The van der Waals surface area contributed by atoms with Gasteiger partial charge in [0.25, 0.3) is 5.91 Å². The Bertz CT molecular complexity index is 773. The summed E-state index contributed by atoms with van der Waals surface area (Å²) in [5.41, 5.74) is 1.44. The topological polar surface area (TPSA) is 128 Å². The van der Waals surface area contributed by atoms with E-state index in [4.69, 9.17) is 4.74 Å². The first kappa shape index (κ1) is 24.0. The van der Waals surface area contributed by atoms with Gasteiger partial charge in [-0.2, -0.15) is 0 Å². The largest absolute Gasteiger partial charge is 0.387 e. The van der Waals surface area contributed by atoms with E-state index in [1.54, 1.807) is 12.1 Å². The summed E-state index contributed by atoms with van der Waals surface area (Å²) in [6, 6.07) is 6.57. The summed E-state index contributed by atoms with van der Waals surface area (Å²) < 4.78 is 5.07. The number of carbonyl (C=O) groups is 2. The van der Waals surface area contributed by atoms with Gasteiger partial charge in [-0.05, 0) is 29.9 Å². The molecule has 1 aromatic carbocycles. The Morgan fingerprint density at radius 3 is 2.53 bits per heavy atom. The van der Waals surface area contributed by atoms with Crippen molar-refractivity contribution < 1.29 is 29.6 Å². The quantitative estimate of drug-likeness (QED) is 0.414.